The standard InChI is InChI=1S/C32H35N5O6S/c1-32(2,3)43-31(39)36-14-12-35(13-15-36)26-6-4-5-23(17-26)29(38)28-18-24-20-37(21-25(24)19-34-28)44(40,41)27-9-7-22(8-10-27)30-33-11-16-42-30/h4-11,16-19,29,38H,12-15,20-21H2,1-3H3/t29-/m0/s1. The molecule has 1 fully saturated rings. The molecule has 230 valence electrons. The second kappa shape index (κ2) is 11.7. The molecule has 0 radical (unpaired) electrons. The van der Waals surface area contributed by atoms with Crippen molar-refractivity contribution in [1.29, 1.82) is 0 Å². The molecule has 0 saturated carbocycles. The summed E-state index contributed by atoms with van der Waals surface area (Å²) in [7, 11) is -3.76. The van der Waals surface area contributed by atoms with E-state index < -0.39 is 21.7 Å². The number of aromatic nitrogens is 2. The van der Waals surface area contributed by atoms with E-state index in [0.29, 0.717) is 48.9 Å². The van der Waals surface area contributed by atoms with E-state index in [1.165, 1.54) is 16.8 Å². The van der Waals surface area contributed by atoms with Crippen LogP contribution in [-0.2, 0) is 27.8 Å². The monoisotopic (exact) mass is 617 g/mol. The number of ether oxygens (including phenoxy) is 1. The predicted molar refractivity (Wildman–Crippen MR) is 163 cm³/mol. The minimum Gasteiger partial charge on any atom is -0.445 e. The summed E-state index contributed by atoms with van der Waals surface area (Å²) in [5, 5.41) is 11.3. The molecule has 6 rings (SSSR count). The van der Waals surface area contributed by atoms with Crippen LogP contribution >= 0.6 is 0 Å². The highest BCUT2D eigenvalue weighted by Crippen LogP contribution is 2.32. The van der Waals surface area contributed by atoms with Gasteiger partial charge >= 0.3 is 6.09 Å². The van der Waals surface area contributed by atoms with Gasteiger partial charge in [0.1, 0.15) is 18.0 Å². The van der Waals surface area contributed by atoms with Crippen molar-refractivity contribution in [3.63, 3.8) is 0 Å². The number of pyridine rings is 1. The van der Waals surface area contributed by atoms with Crippen LogP contribution in [0.4, 0.5) is 10.5 Å². The number of carbonyl (C=O) groups excluding carboxylic acids is 1. The maximum Gasteiger partial charge on any atom is 0.410 e. The SMILES string of the molecule is CC(C)(C)OC(=O)N1CCN(c2cccc([C@H](O)c3cc4c(cn3)CN(S(=O)(=O)c3ccc(-c5ncco5)cc3)C4)c2)CC1. The highest BCUT2D eigenvalue weighted by atomic mass is 32.2. The van der Waals surface area contributed by atoms with E-state index in [1.54, 1.807) is 41.4 Å². The summed E-state index contributed by atoms with van der Waals surface area (Å²) >= 11 is 0. The Morgan fingerprint density at radius 3 is 2.39 bits per heavy atom. The number of oxazole rings is 1. The first kappa shape index (κ1) is 29.8. The lowest BCUT2D eigenvalue weighted by atomic mass is 10.0. The van der Waals surface area contributed by atoms with Gasteiger partial charge in [-0.15, -0.1) is 0 Å². The first-order valence-corrected chi connectivity index (χ1v) is 15.9. The van der Waals surface area contributed by atoms with Gasteiger partial charge in [-0.05, 0) is 79.9 Å². The average Bonchev–Trinajstić information content (AvgIpc) is 3.71. The minimum atomic E-state index is -3.76. The summed E-state index contributed by atoms with van der Waals surface area (Å²) in [5.41, 5.74) is 3.83. The lowest BCUT2D eigenvalue weighted by Gasteiger charge is -2.37. The number of carbonyl (C=O) groups is 1. The van der Waals surface area contributed by atoms with Crippen molar-refractivity contribution in [3.05, 3.63) is 95.6 Å². The third kappa shape index (κ3) is 6.19. The Bertz CT molecular complexity index is 1740. The zero-order valence-electron chi connectivity index (χ0n) is 24.9. The Morgan fingerprint density at radius 1 is 0.977 bits per heavy atom. The number of anilines is 1. The molecule has 4 heterocycles. The molecule has 0 bridgehead atoms. The van der Waals surface area contributed by atoms with Gasteiger partial charge in [0.25, 0.3) is 0 Å². The predicted octanol–water partition coefficient (Wildman–Crippen LogP) is 4.58. The number of benzene rings is 2. The fourth-order valence-electron chi connectivity index (χ4n) is 5.41. The number of rotatable bonds is 6. The lowest BCUT2D eigenvalue weighted by molar-refractivity contribution is 0.0240. The molecule has 11 nitrogen and oxygen atoms in total. The molecule has 0 unspecified atom stereocenters. The van der Waals surface area contributed by atoms with Crippen LogP contribution < -0.4 is 4.90 Å². The summed E-state index contributed by atoms with van der Waals surface area (Å²) in [4.78, 5) is 25.1. The molecule has 1 amide bonds. The van der Waals surface area contributed by atoms with Gasteiger partial charge in [-0.3, -0.25) is 4.98 Å². The van der Waals surface area contributed by atoms with Crippen molar-refractivity contribution in [2.75, 3.05) is 31.1 Å². The van der Waals surface area contributed by atoms with E-state index in [1.807, 2.05) is 45.0 Å². The molecule has 1 N–H and O–H groups in total. The van der Waals surface area contributed by atoms with E-state index in [0.717, 1.165) is 16.8 Å². The Labute approximate surface area is 256 Å². The average molecular weight is 618 g/mol. The fraction of sp³-hybridized carbons (Fsp3) is 0.344. The molecule has 12 heteroatoms. The number of aliphatic hydroxyl groups excluding tert-OH is 1. The third-order valence-corrected chi connectivity index (χ3v) is 9.54. The van der Waals surface area contributed by atoms with Gasteiger partial charge in [0.15, 0.2) is 0 Å². The summed E-state index contributed by atoms with van der Waals surface area (Å²) in [6.45, 7) is 8.31. The molecule has 1 atom stereocenters. The number of hydrogen-bond acceptors (Lipinski definition) is 9. The van der Waals surface area contributed by atoms with Crippen LogP contribution in [-0.4, -0.2) is 70.6 Å². The molecular weight excluding hydrogens is 582 g/mol. The Morgan fingerprint density at radius 2 is 1.70 bits per heavy atom. The van der Waals surface area contributed by atoms with Gasteiger partial charge in [-0.25, -0.2) is 18.2 Å². The summed E-state index contributed by atoms with van der Waals surface area (Å²) in [6, 6.07) is 15.9. The number of hydrogen-bond donors (Lipinski definition) is 1. The van der Waals surface area contributed by atoms with E-state index in [4.69, 9.17) is 9.15 Å². The maximum absolute atomic E-state index is 13.4. The van der Waals surface area contributed by atoms with Gasteiger partial charge in [-0.1, -0.05) is 12.1 Å². The van der Waals surface area contributed by atoms with Crippen LogP contribution in [0.2, 0.25) is 0 Å². The summed E-state index contributed by atoms with van der Waals surface area (Å²) < 4.78 is 39.1. The lowest BCUT2D eigenvalue weighted by Crippen LogP contribution is -2.50. The Kier molecular flexibility index (Phi) is 7.91. The molecule has 2 aliphatic heterocycles. The number of aliphatic hydroxyl groups is 1. The zero-order chi connectivity index (χ0) is 31.1. The first-order chi connectivity index (χ1) is 21.0. The molecule has 0 aliphatic carbocycles. The van der Waals surface area contributed by atoms with E-state index in [9.17, 15) is 18.3 Å². The molecule has 44 heavy (non-hydrogen) atoms. The molecule has 0 spiro atoms. The van der Waals surface area contributed by atoms with Crippen molar-refractivity contribution < 1.29 is 27.5 Å². The highest BCUT2D eigenvalue weighted by molar-refractivity contribution is 7.89. The first-order valence-electron chi connectivity index (χ1n) is 14.5. The van der Waals surface area contributed by atoms with Gasteiger partial charge in [0, 0.05) is 56.7 Å². The minimum absolute atomic E-state index is 0.178. The van der Waals surface area contributed by atoms with Crippen LogP contribution in [0, 0.1) is 0 Å². The second-order valence-corrected chi connectivity index (χ2v) is 13.9. The number of fused-ring (bicyclic) bond motifs is 1. The maximum atomic E-state index is 13.4. The van der Waals surface area contributed by atoms with Crippen LogP contribution in [0.3, 0.4) is 0 Å². The number of nitrogens with zero attached hydrogens (tertiary/aromatic N) is 5. The molecule has 2 aromatic carbocycles. The normalized spacial score (nSPS) is 16.5. The van der Waals surface area contributed by atoms with Gasteiger partial charge < -0.3 is 24.1 Å². The summed E-state index contributed by atoms with van der Waals surface area (Å²) in [6.07, 6.45) is 3.35. The number of amides is 1. The zero-order valence-corrected chi connectivity index (χ0v) is 25.7. The van der Waals surface area contributed by atoms with Crippen molar-refractivity contribution in [3.8, 4) is 11.5 Å². The number of piperazine rings is 1. The molecule has 2 aliphatic rings. The Hall–Kier alpha value is -4.26. The van der Waals surface area contributed by atoms with E-state index in [2.05, 4.69) is 14.9 Å². The molecule has 2 aromatic heterocycles. The van der Waals surface area contributed by atoms with Gasteiger partial charge in [0.2, 0.25) is 15.9 Å². The largest absolute Gasteiger partial charge is 0.445 e. The topological polar surface area (TPSA) is 129 Å². The highest BCUT2D eigenvalue weighted by Gasteiger charge is 2.32. The smallest absolute Gasteiger partial charge is 0.410 e. The fourth-order valence-corrected chi connectivity index (χ4v) is 6.81. The third-order valence-electron chi connectivity index (χ3n) is 7.73. The van der Waals surface area contributed by atoms with E-state index >= 15 is 0 Å². The quantitative estimate of drug-likeness (QED) is 0.331. The van der Waals surface area contributed by atoms with Crippen LogP contribution in [0.5, 0.6) is 0 Å². The number of sulfonamides is 1. The van der Waals surface area contributed by atoms with Crippen LogP contribution in [0.25, 0.3) is 11.5 Å². The molecular formula is C32H35N5O6S. The van der Waals surface area contributed by atoms with Crippen molar-refractivity contribution >= 4 is 21.8 Å². The van der Waals surface area contributed by atoms with E-state index in [-0.39, 0.29) is 24.1 Å². The van der Waals surface area contributed by atoms with Gasteiger partial charge in [-0.2, -0.15) is 4.31 Å². The molecule has 4 aromatic rings. The van der Waals surface area contributed by atoms with Crippen molar-refractivity contribution in [2.45, 2.75) is 50.5 Å². The summed E-state index contributed by atoms with van der Waals surface area (Å²) in [5.74, 6) is 0.422. The second-order valence-electron chi connectivity index (χ2n) is 12.0. The Balaban J connectivity index is 1.12. The van der Waals surface area contributed by atoms with Crippen molar-refractivity contribution in [2.24, 2.45) is 0 Å². The van der Waals surface area contributed by atoms with Crippen LogP contribution in [0.1, 0.15) is 49.3 Å². The van der Waals surface area contributed by atoms with Gasteiger partial charge in [0.05, 0.1) is 16.8 Å². The van der Waals surface area contributed by atoms with Crippen molar-refractivity contribution in [1.82, 2.24) is 19.2 Å². The molecule has 1 saturated heterocycles. The van der Waals surface area contributed by atoms with Crippen LogP contribution in [0.15, 0.2) is 82.6 Å².